The van der Waals surface area contributed by atoms with E-state index in [2.05, 4.69) is 11.5 Å². The molecule has 0 spiro atoms. The van der Waals surface area contributed by atoms with E-state index in [1.165, 1.54) is 0 Å². The Morgan fingerprint density at radius 1 is 1.07 bits per heavy atom. The summed E-state index contributed by atoms with van der Waals surface area (Å²) in [6, 6.07) is -0.833. The Labute approximate surface area is 87.4 Å². The Morgan fingerprint density at radius 3 is 1.07 bits per heavy atom. The maximum absolute atomic E-state index is 9.00. The van der Waals surface area contributed by atoms with Crippen LogP contribution in [0.1, 0.15) is 0 Å². The van der Waals surface area contributed by atoms with E-state index < -0.39 is 16.2 Å². The topological polar surface area (TPSA) is 231 Å². The van der Waals surface area contributed by atoms with Gasteiger partial charge < -0.3 is 28.0 Å². The minimum Gasteiger partial charge on any atom is -0.352 e. The maximum atomic E-state index is 9.00. The number of urea groups is 1. The number of hydrogen-bond donors (Lipinski definition) is 5. The molecule has 0 aromatic heterocycles. The van der Waals surface area contributed by atoms with Crippen molar-refractivity contribution >= 4 is 23.4 Å². The third kappa shape index (κ3) is 253. The zero-order valence-corrected chi connectivity index (χ0v) is 6.19. The van der Waals surface area contributed by atoms with Crippen molar-refractivity contribution in [2.75, 3.05) is 0 Å². The summed E-state index contributed by atoms with van der Waals surface area (Å²) in [5.74, 6) is 0. The zero-order chi connectivity index (χ0) is 10.7. The van der Waals surface area contributed by atoms with E-state index >= 15 is 0 Å². The minimum absolute atomic E-state index is 0. The van der Waals surface area contributed by atoms with Crippen molar-refractivity contribution in [1.82, 2.24) is 6.15 Å². The van der Waals surface area contributed by atoms with Crippen LogP contribution in [0.3, 0.4) is 0 Å². The molecule has 0 aliphatic carbocycles. The first-order chi connectivity index (χ1) is 5.20. The predicted molar refractivity (Wildman–Crippen MR) is 46.3 cm³/mol. The van der Waals surface area contributed by atoms with E-state index in [1.54, 1.807) is 0 Å². The molecule has 86 valence electrons. The molecule has 14 heavy (non-hydrogen) atoms. The summed E-state index contributed by atoms with van der Waals surface area (Å²) in [6.45, 7) is 0. The molecular weight excluding hydrogens is 221 g/mol. The Bertz CT molecular complexity index is 120. The van der Waals surface area contributed by atoms with Crippen LogP contribution in [0, 0.1) is 20.2 Å². The summed E-state index contributed by atoms with van der Waals surface area (Å²) in [7, 11) is 0. The number of primary amides is 2. The van der Waals surface area contributed by atoms with Crippen molar-refractivity contribution in [3.63, 3.8) is 0 Å². The van der Waals surface area contributed by atoms with E-state index in [1.807, 2.05) is 0 Å². The molecule has 0 saturated heterocycles. The monoisotopic (exact) mass is 233 g/mol. The Kier molecular flexibility index (Phi) is 47.4. The van der Waals surface area contributed by atoms with Crippen LogP contribution >= 0.6 is 0 Å². The van der Waals surface area contributed by atoms with Gasteiger partial charge in [-0.2, -0.15) is 0 Å². The lowest BCUT2D eigenvalue weighted by molar-refractivity contribution is -0.742. The van der Waals surface area contributed by atoms with Gasteiger partial charge in [0.15, 0.2) is 17.4 Å². The van der Waals surface area contributed by atoms with Gasteiger partial charge in [0.2, 0.25) is 0 Å². The Balaban J connectivity index is -0.0000000270. The quantitative estimate of drug-likeness (QED) is 0.167. The highest BCUT2D eigenvalue weighted by atomic mass is 27.0. The van der Waals surface area contributed by atoms with Gasteiger partial charge >= 0.3 is 6.03 Å². The van der Waals surface area contributed by atoms with Crippen molar-refractivity contribution in [3.8, 4) is 0 Å². The van der Waals surface area contributed by atoms with Gasteiger partial charge in [-0.1, -0.05) is 0 Å². The van der Waals surface area contributed by atoms with Gasteiger partial charge in [-0.3, -0.25) is 0 Å². The smallest absolute Gasteiger partial charge is 0.309 e. The van der Waals surface area contributed by atoms with Crippen LogP contribution < -0.4 is 17.6 Å². The van der Waals surface area contributed by atoms with E-state index in [9.17, 15) is 0 Å². The molecule has 0 unspecified atom stereocenters. The summed E-state index contributed by atoms with van der Waals surface area (Å²) < 4.78 is 0. The Hall–Kier alpha value is -1.84. The first kappa shape index (κ1) is 29.5. The second kappa shape index (κ2) is 22.5. The van der Waals surface area contributed by atoms with E-state index in [-0.39, 0.29) is 23.5 Å². The van der Waals surface area contributed by atoms with Crippen molar-refractivity contribution < 1.29 is 25.4 Å². The van der Waals surface area contributed by atoms with Gasteiger partial charge in [-0.25, -0.2) is 4.79 Å². The van der Waals surface area contributed by atoms with Crippen LogP contribution in [-0.2, 0) is 0 Å². The van der Waals surface area contributed by atoms with E-state index in [0.717, 1.165) is 0 Å². The average molecular weight is 233 g/mol. The lowest BCUT2D eigenvalue weighted by atomic mass is 11.2. The van der Waals surface area contributed by atoms with Crippen molar-refractivity contribution in [1.29, 1.82) is 0 Å². The number of rotatable bonds is 0. The number of amides is 2. The van der Waals surface area contributed by atoms with Gasteiger partial charge in [0.1, 0.15) is 0 Å². The molecule has 0 bridgehead atoms. The van der Waals surface area contributed by atoms with E-state index in [4.69, 9.17) is 35.4 Å². The van der Waals surface area contributed by atoms with Crippen molar-refractivity contribution in [2.45, 2.75) is 0 Å². The molecule has 9 N–H and O–H groups in total. The van der Waals surface area contributed by atoms with Crippen molar-refractivity contribution in [3.05, 3.63) is 20.2 Å². The minimum atomic E-state index is -1.50. The number of carbonyl (C=O) groups excluding carboxylic acids is 1. The van der Waals surface area contributed by atoms with Gasteiger partial charge in [0.25, 0.3) is 10.2 Å². The summed E-state index contributed by atoms with van der Waals surface area (Å²) in [5, 5.41) is 27.3. The highest BCUT2D eigenvalue weighted by molar-refractivity contribution is 5.75. The fraction of sp³-hybridized carbons (Fsp3) is 0. The number of nitrogens with zero attached hydrogens (tertiary/aromatic N) is 2. The highest BCUT2D eigenvalue weighted by Crippen LogP contribution is 1.38. The molecule has 0 saturated carbocycles. The second-order valence-corrected chi connectivity index (χ2v) is 0.878. The number of hydrogen-bond acceptors (Lipinski definition) is 6. The maximum Gasteiger partial charge on any atom is 0.309 e. The molecule has 2 amide bonds. The van der Waals surface area contributed by atoms with Crippen molar-refractivity contribution in [2.24, 2.45) is 11.5 Å². The van der Waals surface area contributed by atoms with E-state index in [0.29, 0.717) is 0 Å². The van der Waals surface area contributed by atoms with Crippen LogP contribution in [0.15, 0.2) is 0 Å². The molecule has 0 atom stereocenters. The number of nitrogens with two attached hydrogens (primary N) is 2. The summed E-state index contributed by atoms with van der Waals surface area (Å²) in [6.07, 6.45) is 0. The van der Waals surface area contributed by atoms with Gasteiger partial charge in [0.05, 0.1) is 0 Å². The zero-order valence-electron chi connectivity index (χ0n) is 6.19. The molecule has 0 heterocycles. The molecule has 0 rings (SSSR count). The molecule has 0 aromatic rings. The standard InChI is InChI=1S/CH4N2O.Al.2HNO3.H3N.3H/c2-1(3)4;;2*2-1(3)4;;;;/h(H4,2,3,4);;2*(H,2,3,4);1H3;;;. The summed E-state index contributed by atoms with van der Waals surface area (Å²) >= 11 is 0. The number of carbonyl (C=O) groups is 1. The van der Waals surface area contributed by atoms with Crippen LogP contribution in [0.25, 0.3) is 0 Å². The first-order valence-corrected chi connectivity index (χ1v) is 1.91. The second-order valence-electron chi connectivity index (χ2n) is 0.878. The van der Waals surface area contributed by atoms with Crippen LogP contribution in [0.4, 0.5) is 4.79 Å². The summed E-state index contributed by atoms with van der Waals surface area (Å²) in [5.41, 5.74) is 8.50. The molecule has 13 heteroatoms. The SMILES string of the molecule is N.NC(N)=O.O=[N+]([O-])O.O=[N+]([O-])O.[AlH3]. The molecule has 0 fully saturated rings. The molecule has 0 aromatic carbocycles. The lowest BCUT2D eigenvalue weighted by Gasteiger charge is -1.62. The fourth-order valence-electron chi connectivity index (χ4n) is 0. The molecule has 12 nitrogen and oxygen atoms in total. The molecular formula is CH12AlN5O7. The van der Waals surface area contributed by atoms with Crippen LogP contribution in [-0.4, -0.2) is 44.0 Å². The molecule has 0 aliphatic rings. The fourth-order valence-corrected chi connectivity index (χ4v) is 0. The third-order valence-electron chi connectivity index (χ3n) is 0. The average Bonchev–Trinajstić information content (AvgIpc) is 1.54. The largest absolute Gasteiger partial charge is 0.352 e. The van der Waals surface area contributed by atoms with Crippen LogP contribution in [0.5, 0.6) is 0 Å². The highest BCUT2D eigenvalue weighted by Gasteiger charge is 1.65. The normalized spacial score (nSPS) is 5.14. The van der Waals surface area contributed by atoms with Gasteiger partial charge in [-0.05, 0) is 0 Å². The summed E-state index contributed by atoms with van der Waals surface area (Å²) in [4.78, 5) is 25.7. The van der Waals surface area contributed by atoms with Crippen LogP contribution in [0.2, 0.25) is 0 Å². The lowest BCUT2D eigenvalue weighted by Crippen LogP contribution is -2.18. The third-order valence-corrected chi connectivity index (χ3v) is 0. The molecule has 0 radical (unpaired) electrons. The van der Waals surface area contributed by atoms with Gasteiger partial charge in [-0.15, -0.1) is 20.2 Å². The first-order valence-electron chi connectivity index (χ1n) is 1.91. The predicted octanol–water partition coefficient (Wildman–Crippen LogP) is -2.69. The molecule has 0 aliphatic heterocycles. The van der Waals surface area contributed by atoms with Gasteiger partial charge in [0, 0.05) is 0 Å². The Morgan fingerprint density at radius 2 is 1.07 bits per heavy atom.